The van der Waals surface area contributed by atoms with Gasteiger partial charge in [-0.05, 0) is 12.1 Å². The first-order chi connectivity index (χ1) is 6.91. The van der Waals surface area contributed by atoms with Crippen LogP contribution in [-0.2, 0) is 13.2 Å². The van der Waals surface area contributed by atoms with Crippen LogP contribution in [0, 0.1) is 0 Å². The molecule has 0 aliphatic rings. The molecule has 15 heavy (non-hydrogen) atoms. The fourth-order valence-corrected chi connectivity index (χ4v) is 1.50. The molecule has 0 aliphatic carbocycles. The smallest absolute Gasteiger partial charge is 0.449 e. The van der Waals surface area contributed by atoms with E-state index in [-0.39, 0.29) is 16.8 Å². The number of nitrogens with zero attached hydrogens (tertiary/aromatic N) is 2. The molecule has 0 bridgehead atoms. The fourth-order valence-electron chi connectivity index (χ4n) is 1.50. The topological polar surface area (TPSA) is 38.0 Å². The molecule has 0 aliphatic heterocycles. The molecular weight excluding hydrogens is 209 g/mol. The molecule has 0 unspecified atom stereocenters. The molecule has 0 spiro atoms. The van der Waals surface area contributed by atoms with E-state index >= 15 is 0 Å². The molecule has 80 valence electrons. The van der Waals surface area contributed by atoms with Crippen molar-refractivity contribution in [3.05, 3.63) is 24.0 Å². The number of benzene rings is 1. The van der Waals surface area contributed by atoms with Crippen LogP contribution >= 0.6 is 0 Å². The minimum Gasteiger partial charge on any atom is -0.506 e. The zero-order valence-corrected chi connectivity index (χ0v) is 7.71. The van der Waals surface area contributed by atoms with Gasteiger partial charge in [0, 0.05) is 7.05 Å². The second-order valence-corrected chi connectivity index (χ2v) is 3.14. The van der Waals surface area contributed by atoms with Gasteiger partial charge in [-0.1, -0.05) is 6.07 Å². The highest BCUT2D eigenvalue weighted by atomic mass is 19.4. The second-order valence-electron chi connectivity index (χ2n) is 3.14. The van der Waals surface area contributed by atoms with Crippen molar-refractivity contribution in [3.63, 3.8) is 0 Å². The number of aryl methyl sites for hydroxylation is 1. The van der Waals surface area contributed by atoms with Crippen LogP contribution in [0.25, 0.3) is 11.0 Å². The third-order valence-corrected chi connectivity index (χ3v) is 2.13. The molecule has 1 aromatic heterocycles. The first-order valence-electron chi connectivity index (χ1n) is 4.13. The highest BCUT2D eigenvalue weighted by Crippen LogP contribution is 2.33. The van der Waals surface area contributed by atoms with E-state index in [1.165, 1.54) is 25.2 Å². The van der Waals surface area contributed by atoms with Gasteiger partial charge >= 0.3 is 6.18 Å². The Morgan fingerprint density at radius 1 is 1.33 bits per heavy atom. The maximum Gasteiger partial charge on any atom is 0.449 e. The molecule has 2 aromatic rings. The van der Waals surface area contributed by atoms with Crippen LogP contribution in [-0.4, -0.2) is 14.7 Å². The summed E-state index contributed by atoms with van der Waals surface area (Å²) in [5.41, 5.74) is 0.217. The Balaban J connectivity index is 2.82. The number of aromatic hydroxyl groups is 1. The number of imidazole rings is 1. The third-order valence-electron chi connectivity index (χ3n) is 2.13. The number of para-hydroxylation sites is 1. The molecule has 0 atom stereocenters. The van der Waals surface area contributed by atoms with Crippen molar-refractivity contribution in [3.8, 4) is 5.75 Å². The normalized spacial score (nSPS) is 12.3. The molecule has 6 heteroatoms. The number of fused-ring (bicyclic) bond motifs is 1. The van der Waals surface area contributed by atoms with Gasteiger partial charge in [0.25, 0.3) is 0 Å². The Morgan fingerprint density at radius 3 is 2.53 bits per heavy atom. The SMILES string of the molecule is Cn1c(C(F)(F)F)nc2cccc(O)c21. The Bertz CT molecular complexity index is 516. The maximum absolute atomic E-state index is 12.5. The lowest BCUT2D eigenvalue weighted by molar-refractivity contribution is -0.146. The summed E-state index contributed by atoms with van der Waals surface area (Å²) in [4.78, 5) is 3.42. The maximum atomic E-state index is 12.5. The molecule has 0 saturated heterocycles. The Kier molecular flexibility index (Phi) is 1.89. The molecule has 0 radical (unpaired) electrons. The predicted molar refractivity (Wildman–Crippen MR) is 47.4 cm³/mol. The van der Waals surface area contributed by atoms with E-state index in [9.17, 15) is 18.3 Å². The number of hydrogen-bond donors (Lipinski definition) is 1. The number of rotatable bonds is 0. The number of phenolic OH excluding ortho intramolecular Hbond substituents is 1. The van der Waals surface area contributed by atoms with Crippen molar-refractivity contribution >= 4 is 11.0 Å². The first-order valence-corrected chi connectivity index (χ1v) is 4.13. The van der Waals surface area contributed by atoms with E-state index in [1.807, 2.05) is 0 Å². The highest BCUT2D eigenvalue weighted by molar-refractivity contribution is 5.82. The predicted octanol–water partition coefficient (Wildman–Crippen LogP) is 2.30. The molecule has 2 rings (SSSR count). The molecule has 0 amide bonds. The van der Waals surface area contributed by atoms with E-state index in [2.05, 4.69) is 4.98 Å². The van der Waals surface area contributed by atoms with Crippen molar-refractivity contribution < 1.29 is 18.3 Å². The van der Waals surface area contributed by atoms with Crippen molar-refractivity contribution in [2.45, 2.75) is 6.18 Å². The minimum absolute atomic E-state index is 0.0878. The average Bonchev–Trinajstić information content (AvgIpc) is 2.44. The Morgan fingerprint density at radius 2 is 2.00 bits per heavy atom. The largest absolute Gasteiger partial charge is 0.506 e. The fraction of sp³-hybridized carbons (Fsp3) is 0.222. The quantitative estimate of drug-likeness (QED) is 0.733. The zero-order valence-electron chi connectivity index (χ0n) is 7.71. The number of halogens is 3. The lowest BCUT2D eigenvalue weighted by Crippen LogP contribution is -2.12. The molecule has 1 N–H and O–H groups in total. The van der Waals surface area contributed by atoms with Gasteiger partial charge < -0.3 is 9.67 Å². The summed E-state index contributed by atoms with van der Waals surface area (Å²) in [6.45, 7) is 0. The summed E-state index contributed by atoms with van der Waals surface area (Å²) in [6, 6.07) is 4.19. The van der Waals surface area contributed by atoms with Crippen molar-refractivity contribution in [1.29, 1.82) is 0 Å². The first kappa shape index (κ1) is 9.82. The van der Waals surface area contributed by atoms with Gasteiger partial charge in [-0.3, -0.25) is 0 Å². The summed E-state index contributed by atoms with van der Waals surface area (Å²) in [5.74, 6) is -1.22. The van der Waals surface area contributed by atoms with E-state index in [0.717, 1.165) is 4.57 Å². The van der Waals surface area contributed by atoms with Crippen molar-refractivity contribution in [1.82, 2.24) is 9.55 Å². The Hall–Kier alpha value is -1.72. The number of alkyl halides is 3. The van der Waals surface area contributed by atoms with Crippen LogP contribution in [0.2, 0.25) is 0 Å². The summed E-state index contributed by atoms with van der Waals surface area (Å²) >= 11 is 0. The monoisotopic (exact) mass is 216 g/mol. The van der Waals surface area contributed by atoms with Gasteiger partial charge in [-0.25, -0.2) is 4.98 Å². The molecular formula is C9H7F3N2O. The van der Waals surface area contributed by atoms with Crippen LogP contribution in [0.3, 0.4) is 0 Å². The van der Waals surface area contributed by atoms with Crippen molar-refractivity contribution in [2.75, 3.05) is 0 Å². The van der Waals surface area contributed by atoms with E-state index in [0.29, 0.717) is 0 Å². The van der Waals surface area contributed by atoms with Gasteiger partial charge in [0.2, 0.25) is 5.82 Å². The van der Waals surface area contributed by atoms with Crippen LogP contribution in [0.1, 0.15) is 5.82 Å². The Labute approximate surface area is 82.8 Å². The molecule has 1 aromatic carbocycles. The van der Waals surface area contributed by atoms with Gasteiger partial charge in [0.15, 0.2) is 0 Å². The summed E-state index contributed by atoms with van der Waals surface area (Å²) in [6.07, 6.45) is -4.51. The van der Waals surface area contributed by atoms with E-state index < -0.39 is 12.0 Å². The lowest BCUT2D eigenvalue weighted by Gasteiger charge is -2.05. The number of phenols is 1. The molecule has 1 heterocycles. The zero-order chi connectivity index (χ0) is 11.2. The average molecular weight is 216 g/mol. The van der Waals surface area contributed by atoms with E-state index in [1.54, 1.807) is 0 Å². The van der Waals surface area contributed by atoms with Gasteiger partial charge in [-0.2, -0.15) is 13.2 Å². The van der Waals surface area contributed by atoms with Crippen LogP contribution in [0.4, 0.5) is 13.2 Å². The summed E-state index contributed by atoms with van der Waals surface area (Å²) in [5, 5.41) is 9.40. The van der Waals surface area contributed by atoms with E-state index in [4.69, 9.17) is 0 Å². The van der Waals surface area contributed by atoms with Crippen LogP contribution < -0.4 is 0 Å². The molecule has 3 nitrogen and oxygen atoms in total. The molecule has 0 saturated carbocycles. The van der Waals surface area contributed by atoms with Gasteiger partial charge in [0.1, 0.15) is 11.3 Å². The second kappa shape index (κ2) is 2.88. The van der Waals surface area contributed by atoms with Crippen LogP contribution in [0.5, 0.6) is 5.75 Å². The minimum atomic E-state index is -4.51. The standard InChI is InChI=1S/C9H7F3N2O/c1-14-7-5(3-2-4-6(7)15)13-8(14)9(10,11)12/h2-4,15H,1H3. The number of hydrogen-bond acceptors (Lipinski definition) is 2. The highest BCUT2D eigenvalue weighted by Gasteiger charge is 2.37. The van der Waals surface area contributed by atoms with Gasteiger partial charge in [-0.15, -0.1) is 0 Å². The van der Waals surface area contributed by atoms with Crippen molar-refractivity contribution in [2.24, 2.45) is 7.05 Å². The number of aromatic nitrogens is 2. The summed E-state index contributed by atoms with van der Waals surface area (Å²) < 4.78 is 38.2. The third kappa shape index (κ3) is 1.42. The lowest BCUT2D eigenvalue weighted by atomic mass is 10.3. The van der Waals surface area contributed by atoms with Gasteiger partial charge in [0.05, 0.1) is 5.52 Å². The molecule has 0 fully saturated rings. The summed E-state index contributed by atoms with van der Waals surface area (Å²) in [7, 11) is 1.22. The van der Waals surface area contributed by atoms with Crippen LogP contribution in [0.15, 0.2) is 18.2 Å².